The Labute approximate surface area is 349 Å². The third kappa shape index (κ3) is 21.3. The fraction of sp³-hybridized carbons (Fsp3) is 0.935. The summed E-state index contributed by atoms with van der Waals surface area (Å²) in [5.74, 6) is -0.105. The molecule has 328 valence electrons. The highest BCUT2D eigenvalue weighted by atomic mass is 28.4. The van der Waals surface area contributed by atoms with Gasteiger partial charge in [-0.15, -0.1) is 0 Å². The molecule has 0 aromatic rings. The molecule has 3 rings (SSSR count). The van der Waals surface area contributed by atoms with Gasteiger partial charge in [0.15, 0.2) is 25.0 Å². The summed E-state index contributed by atoms with van der Waals surface area (Å²) in [7, 11) is -4.98. The Bertz CT molecular complexity index is 1110. The van der Waals surface area contributed by atoms with E-state index in [9.17, 15) is 4.79 Å². The molecule has 0 unspecified atom stereocenters. The molecule has 0 spiro atoms. The van der Waals surface area contributed by atoms with Gasteiger partial charge in [-0.2, -0.15) is 0 Å². The van der Waals surface area contributed by atoms with Crippen LogP contribution in [0.15, 0.2) is 11.6 Å². The van der Waals surface area contributed by atoms with Gasteiger partial charge in [0, 0.05) is 11.7 Å². The van der Waals surface area contributed by atoms with Crippen LogP contribution in [0.25, 0.3) is 0 Å². The molecule has 3 aliphatic heterocycles. The van der Waals surface area contributed by atoms with E-state index >= 15 is 0 Å². The lowest BCUT2D eigenvalue weighted by Crippen LogP contribution is -2.41. The Balaban J connectivity index is 1.37. The molecule has 0 radical (unpaired) electrons. The summed E-state index contributed by atoms with van der Waals surface area (Å²) in [6.07, 6.45) is 32.1. The SMILES string of the molecule is CCCCC[C@@H](CCCC[C@@H](O[Si](C)(C)C)[C@H]1CC[C@H]([C@H]2CC[C@H]([C@@H](CCCCCCCCCCCCC3=C[C@H](C)OC3=O)O[Si](C)(C)C)O2)O1)O[Si](C)(C)C. The molecule has 0 bridgehead atoms. The number of carbonyl (C=O) groups excluding carboxylic acids is 1. The number of cyclic esters (lactones) is 1. The first-order chi connectivity index (χ1) is 26.4. The van der Waals surface area contributed by atoms with Gasteiger partial charge in [0.25, 0.3) is 0 Å². The van der Waals surface area contributed by atoms with Crippen molar-refractivity contribution in [3.8, 4) is 0 Å². The first kappa shape index (κ1) is 50.0. The number of unbranched alkanes of at least 4 members (excludes halogenated alkanes) is 12. The van der Waals surface area contributed by atoms with E-state index in [1.165, 1.54) is 103 Å². The molecule has 0 aromatic carbocycles. The van der Waals surface area contributed by atoms with Crippen LogP contribution >= 0.6 is 0 Å². The molecule has 56 heavy (non-hydrogen) atoms. The molecule has 8 atom stereocenters. The van der Waals surface area contributed by atoms with Crippen LogP contribution in [0.2, 0.25) is 58.9 Å². The average Bonchev–Trinajstić information content (AvgIpc) is 3.84. The number of carbonyl (C=O) groups is 1. The van der Waals surface area contributed by atoms with E-state index in [4.69, 9.17) is 27.5 Å². The Morgan fingerprint density at radius 2 is 0.982 bits per heavy atom. The van der Waals surface area contributed by atoms with E-state index in [-0.39, 0.29) is 48.7 Å². The van der Waals surface area contributed by atoms with Crippen molar-refractivity contribution in [3.05, 3.63) is 11.6 Å². The number of hydrogen-bond acceptors (Lipinski definition) is 7. The second-order valence-corrected chi connectivity index (χ2v) is 34.0. The third-order valence-corrected chi connectivity index (χ3v) is 14.6. The van der Waals surface area contributed by atoms with Crippen molar-refractivity contribution in [2.24, 2.45) is 0 Å². The van der Waals surface area contributed by atoms with Crippen LogP contribution in [0.1, 0.15) is 168 Å². The molecule has 2 fully saturated rings. The predicted molar refractivity (Wildman–Crippen MR) is 242 cm³/mol. The molecule has 7 nitrogen and oxygen atoms in total. The quantitative estimate of drug-likeness (QED) is 0.0391. The second kappa shape index (κ2) is 25.4. The molecule has 10 heteroatoms. The molecule has 2 saturated heterocycles. The van der Waals surface area contributed by atoms with Crippen LogP contribution in [0.4, 0.5) is 0 Å². The first-order valence-electron chi connectivity index (χ1n) is 23.7. The number of hydrogen-bond donors (Lipinski definition) is 0. The first-order valence-corrected chi connectivity index (χ1v) is 33.9. The van der Waals surface area contributed by atoms with Crippen molar-refractivity contribution in [1.29, 1.82) is 0 Å². The molecule has 0 aromatic heterocycles. The highest BCUT2D eigenvalue weighted by Crippen LogP contribution is 2.37. The van der Waals surface area contributed by atoms with Crippen LogP contribution in [0, 0.1) is 0 Å². The summed E-state index contributed by atoms with van der Waals surface area (Å²) in [5, 5.41) is 0. The van der Waals surface area contributed by atoms with Crippen LogP contribution < -0.4 is 0 Å². The standard InChI is InChI=1S/C46H90O7Si3/c1-12-13-22-28-39(51-54(3,4)5)29-25-26-31-45(53-56(9,10)11)43-35-33-41(50-43)40-32-34-42(49-40)44(52-55(6,7)8)30-24-21-19-17-15-14-16-18-20-23-27-38-36-37(2)48-46(38)47/h36-37,39-45H,12-35H2,1-11H3/t37-,39-,40+,41+,42+,43+,44+,45+/m0/s1. The third-order valence-electron chi connectivity index (χ3n) is 11.5. The van der Waals surface area contributed by atoms with Gasteiger partial charge >= 0.3 is 5.97 Å². The van der Waals surface area contributed by atoms with Gasteiger partial charge in [-0.3, -0.25) is 0 Å². The van der Waals surface area contributed by atoms with Crippen LogP contribution in [0.5, 0.6) is 0 Å². The van der Waals surface area contributed by atoms with E-state index < -0.39 is 25.0 Å². The van der Waals surface area contributed by atoms with Crippen molar-refractivity contribution in [2.45, 2.75) is 276 Å². The summed E-state index contributed by atoms with van der Waals surface area (Å²) in [6.45, 7) is 25.1. The van der Waals surface area contributed by atoms with Gasteiger partial charge in [0.2, 0.25) is 0 Å². The minimum absolute atomic E-state index is 0.0428. The molecule has 0 N–H and O–H groups in total. The minimum Gasteiger partial charge on any atom is -0.455 e. The van der Waals surface area contributed by atoms with Gasteiger partial charge in [0.05, 0.1) is 36.6 Å². The van der Waals surface area contributed by atoms with E-state index in [1.807, 2.05) is 13.0 Å². The average molecular weight is 839 g/mol. The second-order valence-electron chi connectivity index (χ2n) is 20.6. The van der Waals surface area contributed by atoms with Gasteiger partial charge in [-0.25, -0.2) is 4.79 Å². The summed E-state index contributed by atoms with van der Waals surface area (Å²) >= 11 is 0. The minimum atomic E-state index is -1.72. The monoisotopic (exact) mass is 839 g/mol. The topological polar surface area (TPSA) is 72.5 Å². The summed E-state index contributed by atoms with van der Waals surface area (Å²) in [4.78, 5) is 11.8. The van der Waals surface area contributed by atoms with Gasteiger partial charge < -0.3 is 27.5 Å². The largest absolute Gasteiger partial charge is 0.455 e. The van der Waals surface area contributed by atoms with Crippen LogP contribution in [0.3, 0.4) is 0 Å². The van der Waals surface area contributed by atoms with E-state index in [1.54, 1.807) is 0 Å². The van der Waals surface area contributed by atoms with Crippen LogP contribution in [-0.2, 0) is 32.3 Å². The van der Waals surface area contributed by atoms with Crippen molar-refractivity contribution in [3.63, 3.8) is 0 Å². The molecule has 0 amide bonds. The van der Waals surface area contributed by atoms with Crippen molar-refractivity contribution < 1.29 is 32.3 Å². The molecular formula is C46H90O7Si3. The number of esters is 1. The lowest BCUT2D eigenvalue weighted by Gasteiger charge is -2.32. The van der Waals surface area contributed by atoms with Gasteiger partial charge in [0.1, 0.15) is 6.10 Å². The van der Waals surface area contributed by atoms with E-state index in [0.717, 1.165) is 56.9 Å². The Morgan fingerprint density at radius 1 is 0.571 bits per heavy atom. The highest BCUT2D eigenvalue weighted by Gasteiger charge is 2.43. The summed E-state index contributed by atoms with van der Waals surface area (Å²) in [5.41, 5.74) is 0.883. The van der Waals surface area contributed by atoms with Gasteiger partial charge in [-0.05, 0) is 136 Å². The maximum atomic E-state index is 11.8. The Hall–Kier alpha value is -0.339. The lowest BCUT2D eigenvalue weighted by atomic mass is 10.00. The lowest BCUT2D eigenvalue weighted by molar-refractivity contribution is -0.139. The molecule has 0 saturated carbocycles. The Morgan fingerprint density at radius 3 is 1.41 bits per heavy atom. The van der Waals surface area contributed by atoms with Crippen LogP contribution in [-0.4, -0.2) is 79.8 Å². The summed E-state index contributed by atoms with van der Waals surface area (Å²) < 4.78 is 39.3. The molecular weight excluding hydrogens is 749 g/mol. The normalized spacial score (nSPS) is 25.1. The maximum Gasteiger partial charge on any atom is 0.334 e. The predicted octanol–water partition coefficient (Wildman–Crippen LogP) is 13.4. The molecule has 0 aliphatic carbocycles. The van der Waals surface area contributed by atoms with Crippen molar-refractivity contribution in [2.75, 3.05) is 0 Å². The molecule has 3 aliphatic rings. The Kier molecular flexibility index (Phi) is 22.7. The maximum absolute atomic E-state index is 11.8. The fourth-order valence-electron chi connectivity index (χ4n) is 9.01. The zero-order chi connectivity index (χ0) is 41.2. The zero-order valence-electron chi connectivity index (χ0n) is 38.5. The summed E-state index contributed by atoms with van der Waals surface area (Å²) in [6, 6.07) is 0. The highest BCUT2D eigenvalue weighted by molar-refractivity contribution is 6.70. The van der Waals surface area contributed by atoms with Gasteiger partial charge in [-0.1, -0.05) is 96.8 Å². The van der Waals surface area contributed by atoms with Crippen molar-refractivity contribution in [1.82, 2.24) is 0 Å². The number of ether oxygens (including phenoxy) is 3. The van der Waals surface area contributed by atoms with E-state index in [2.05, 4.69) is 65.8 Å². The zero-order valence-corrected chi connectivity index (χ0v) is 41.5. The van der Waals surface area contributed by atoms with Crippen molar-refractivity contribution >= 4 is 30.9 Å². The number of rotatable bonds is 31. The fourth-order valence-corrected chi connectivity index (χ4v) is 12.6. The van der Waals surface area contributed by atoms with E-state index in [0.29, 0.717) is 6.10 Å². The smallest absolute Gasteiger partial charge is 0.334 e. The molecule has 3 heterocycles.